The van der Waals surface area contributed by atoms with Crippen LogP contribution in [0.2, 0.25) is 0 Å². The Balaban J connectivity index is 2.46. The molecule has 0 aliphatic rings. The minimum absolute atomic E-state index is 0.549. The summed E-state index contributed by atoms with van der Waals surface area (Å²) in [7, 11) is 2.10. The molecule has 1 aromatic rings. The molecule has 88 valence electrons. The minimum Gasteiger partial charge on any atom is -0.384 e. The first-order valence-electron chi connectivity index (χ1n) is 5.67. The van der Waals surface area contributed by atoms with Crippen LogP contribution in [0.3, 0.4) is 0 Å². The first-order chi connectivity index (χ1) is 7.61. The Hall–Kier alpha value is -1.35. The van der Waals surface area contributed by atoms with E-state index in [1.807, 2.05) is 30.3 Å². The molecule has 0 saturated heterocycles. The summed E-state index contributed by atoms with van der Waals surface area (Å²) in [4.78, 5) is 6.62. The van der Waals surface area contributed by atoms with Gasteiger partial charge in [0.1, 0.15) is 5.84 Å². The van der Waals surface area contributed by atoms with E-state index in [2.05, 4.69) is 30.8 Å². The fraction of sp³-hybridized carbons (Fsp3) is 0.462. The van der Waals surface area contributed by atoms with Crippen molar-refractivity contribution in [3.05, 3.63) is 35.9 Å². The Bertz CT molecular complexity index is 330. The third kappa shape index (κ3) is 4.03. The molecule has 0 aliphatic heterocycles. The molecule has 16 heavy (non-hydrogen) atoms. The second kappa shape index (κ2) is 6.28. The SMILES string of the molecule is CC(C)N(C)CCN=C(N)c1ccccc1. The molecule has 1 rings (SSSR count). The first kappa shape index (κ1) is 12.7. The summed E-state index contributed by atoms with van der Waals surface area (Å²) in [6, 6.07) is 10.4. The highest BCUT2D eigenvalue weighted by atomic mass is 15.1. The highest BCUT2D eigenvalue weighted by Crippen LogP contribution is 1.98. The van der Waals surface area contributed by atoms with E-state index in [9.17, 15) is 0 Å². The Morgan fingerprint density at radius 2 is 1.94 bits per heavy atom. The quantitative estimate of drug-likeness (QED) is 0.605. The largest absolute Gasteiger partial charge is 0.384 e. The van der Waals surface area contributed by atoms with E-state index >= 15 is 0 Å². The van der Waals surface area contributed by atoms with E-state index in [-0.39, 0.29) is 0 Å². The van der Waals surface area contributed by atoms with E-state index in [1.165, 1.54) is 0 Å². The molecule has 0 amide bonds. The number of aliphatic imine (C=N–C) groups is 1. The topological polar surface area (TPSA) is 41.6 Å². The van der Waals surface area contributed by atoms with Crippen molar-refractivity contribution in [2.45, 2.75) is 19.9 Å². The van der Waals surface area contributed by atoms with Gasteiger partial charge in [0.2, 0.25) is 0 Å². The molecule has 0 bridgehead atoms. The fourth-order valence-electron chi connectivity index (χ4n) is 1.29. The monoisotopic (exact) mass is 219 g/mol. The Labute approximate surface area is 98.0 Å². The molecule has 0 aliphatic carbocycles. The molecular formula is C13H21N3. The smallest absolute Gasteiger partial charge is 0.125 e. The van der Waals surface area contributed by atoms with Crippen molar-refractivity contribution in [3.8, 4) is 0 Å². The highest BCUT2D eigenvalue weighted by Gasteiger charge is 2.01. The van der Waals surface area contributed by atoms with Crippen LogP contribution >= 0.6 is 0 Å². The maximum atomic E-state index is 5.89. The van der Waals surface area contributed by atoms with E-state index in [1.54, 1.807) is 0 Å². The second-order valence-corrected chi connectivity index (χ2v) is 4.21. The number of likely N-dealkylation sites (N-methyl/N-ethyl adjacent to an activating group) is 1. The van der Waals surface area contributed by atoms with Gasteiger partial charge in [-0.2, -0.15) is 0 Å². The number of benzene rings is 1. The van der Waals surface area contributed by atoms with Gasteiger partial charge in [0, 0.05) is 18.2 Å². The van der Waals surface area contributed by atoms with Gasteiger partial charge < -0.3 is 10.6 Å². The molecule has 3 heteroatoms. The van der Waals surface area contributed by atoms with Crippen LogP contribution in [-0.4, -0.2) is 36.9 Å². The molecule has 0 heterocycles. The third-order valence-electron chi connectivity index (χ3n) is 2.69. The average Bonchev–Trinajstić information content (AvgIpc) is 2.29. The van der Waals surface area contributed by atoms with Gasteiger partial charge in [-0.25, -0.2) is 0 Å². The Kier molecular flexibility index (Phi) is 4.99. The zero-order chi connectivity index (χ0) is 12.0. The number of hydrogen-bond donors (Lipinski definition) is 1. The van der Waals surface area contributed by atoms with Crippen LogP contribution in [0.1, 0.15) is 19.4 Å². The number of nitrogens with zero attached hydrogens (tertiary/aromatic N) is 2. The molecule has 2 N–H and O–H groups in total. The number of nitrogens with two attached hydrogens (primary N) is 1. The summed E-state index contributed by atoms with van der Waals surface area (Å²) in [6.07, 6.45) is 0. The van der Waals surface area contributed by atoms with Crippen molar-refractivity contribution in [3.63, 3.8) is 0 Å². The number of rotatable bonds is 5. The Morgan fingerprint density at radius 1 is 1.31 bits per heavy atom. The van der Waals surface area contributed by atoms with Crippen LogP contribution in [0.5, 0.6) is 0 Å². The zero-order valence-corrected chi connectivity index (χ0v) is 10.4. The zero-order valence-electron chi connectivity index (χ0n) is 10.4. The fourth-order valence-corrected chi connectivity index (χ4v) is 1.29. The summed E-state index contributed by atoms with van der Waals surface area (Å²) in [5, 5.41) is 0. The van der Waals surface area contributed by atoms with Gasteiger partial charge in [-0.15, -0.1) is 0 Å². The van der Waals surface area contributed by atoms with Crippen LogP contribution in [0.15, 0.2) is 35.3 Å². The highest BCUT2D eigenvalue weighted by molar-refractivity contribution is 5.97. The van der Waals surface area contributed by atoms with Gasteiger partial charge in [-0.1, -0.05) is 30.3 Å². The number of hydrogen-bond acceptors (Lipinski definition) is 2. The molecule has 0 saturated carbocycles. The van der Waals surface area contributed by atoms with Crippen LogP contribution in [0, 0.1) is 0 Å². The predicted molar refractivity (Wildman–Crippen MR) is 69.8 cm³/mol. The van der Waals surface area contributed by atoms with E-state index < -0.39 is 0 Å². The molecule has 0 radical (unpaired) electrons. The number of amidine groups is 1. The molecule has 1 aromatic carbocycles. The van der Waals surface area contributed by atoms with Crippen molar-refractivity contribution in [2.24, 2.45) is 10.7 Å². The lowest BCUT2D eigenvalue weighted by Crippen LogP contribution is -2.29. The molecule has 0 aromatic heterocycles. The van der Waals surface area contributed by atoms with Crippen LogP contribution in [-0.2, 0) is 0 Å². The normalized spacial score (nSPS) is 12.4. The minimum atomic E-state index is 0.549. The summed E-state index contributed by atoms with van der Waals surface area (Å²) < 4.78 is 0. The summed E-state index contributed by atoms with van der Waals surface area (Å²) >= 11 is 0. The third-order valence-corrected chi connectivity index (χ3v) is 2.69. The second-order valence-electron chi connectivity index (χ2n) is 4.21. The van der Waals surface area contributed by atoms with Gasteiger partial charge in [-0.05, 0) is 20.9 Å². The van der Waals surface area contributed by atoms with E-state index in [0.717, 1.165) is 18.7 Å². The van der Waals surface area contributed by atoms with E-state index in [0.29, 0.717) is 11.9 Å². The lowest BCUT2D eigenvalue weighted by Gasteiger charge is -2.19. The lowest BCUT2D eigenvalue weighted by molar-refractivity contribution is 0.282. The Morgan fingerprint density at radius 3 is 2.50 bits per heavy atom. The molecule has 0 atom stereocenters. The van der Waals surface area contributed by atoms with Crippen molar-refractivity contribution in [1.82, 2.24) is 4.90 Å². The molecule has 0 fully saturated rings. The van der Waals surface area contributed by atoms with Crippen LogP contribution in [0.25, 0.3) is 0 Å². The van der Waals surface area contributed by atoms with Crippen molar-refractivity contribution >= 4 is 5.84 Å². The van der Waals surface area contributed by atoms with Gasteiger partial charge >= 0.3 is 0 Å². The average molecular weight is 219 g/mol. The standard InChI is InChI=1S/C13H21N3/c1-11(2)16(3)10-9-15-13(14)12-7-5-4-6-8-12/h4-8,11H,9-10H2,1-3H3,(H2,14,15). The maximum absolute atomic E-state index is 5.89. The first-order valence-corrected chi connectivity index (χ1v) is 5.67. The van der Waals surface area contributed by atoms with Crippen LogP contribution < -0.4 is 5.73 Å². The van der Waals surface area contributed by atoms with Crippen LogP contribution in [0.4, 0.5) is 0 Å². The summed E-state index contributed by atoms with van der Waals surface area (Å²) in [5.74, 6) is 0.623. The van der Waals surface area contributed by atoms with E-state index in [4.69, 9.17) is 5.73 Å². The lowest BCUT2D eigenvalue weighted by atomic mass is 10.2. The van der Waals surface area contributed by atoms with Gasteiger partial charge in [0.25, 0.3) is 0 Å². The van der Waals surface area contributed by atoms with Gasteiger partial charge in [0.15, 0.2) is 0 Å². The molecule has 3 nitrogen and oxygen atoms in total. The maximum Gasteiger partial charge on any atom is 0.125 e. The molecule has 0 unspecified atom stereocenters. The van der Waals surface area contributed by atoms with Gasteiger partial charge in [0.05, 0.1) is 6.54 Å². The van der Waals surface area contributed by atoms with Crippen molar-refractivity contribution in [2.75, 3.05) is 20.1 Å². The summed E-state index contributed by atoms with van der Waals surface area (Å²) in [6.45, 7) is 6.02. The predicted octanol–water partition coefficient (Wildman–Crippen LogP) is 1.73. The van der Waals surface area contributed by atoms with Crippen molar-refractivity contribution < 1.29 is 0 Å². The van der Waals surface area contributed by atoms with Gasteiger partial charge in [-0.3, -0.25) is 4.99 Å². The van der Waals surface area contributed by atoms with Crippen molar-refractivity contribution in [1.29, 1.82) is 0 Å². The summed E-state index contributed by atoms with van der Waals surface area (Å²) in [5.41, 5.74) is 6.88. The molecule has 0 spiro atoms. The molecular weight excluding hydrogens is 198 g/mol.